The molecular weight excluding hydrogens is 132 g/mol. The Balaban J connectivity index is 2.65. The van der Waals surface area contributed by atoms with Gasteiger partial charge < -0.3 is 0 Å². The highest BCUT2D eigenvalue weighted by Gasteiger charge is 2.12. The summed E-state index contributed by atoms with van der Waals surface area (Å²) in [5, 5.41) is 0. The molecule has 0 bridgehead atoms. The van der Waals surface area contributed by atoms with Gasteiger partial charge in [-0.2, -0.15) is 0 Å². The van der Waals surface area contributed by atoms with E-state index in [1.165, 1.54) is 16.7 Å². The molecule has 1 aromatic rings. The molecule has 0 heteroatoms. The Morgan fingerprint density at radius 1 is 1.27 bits per heavy atom. The quantitative estimate of drug-likeness (QED) is 0.524. The topological polar surface area (TPSA) is 0 Å². The van der Waals surface area contributed by atoms with Gasteiger partial charge in [-0.25, -0.2) is 0 Å². The summed E-state index contributed by atoms with van der Waals surface area (Å²) in [5.74, 6) is 0.616. The van der Waals surface area contributed by atoms with E-state index in [4.69, 9.17) is 0 Å². The maximum Gasteiger partial charge on any atom is -0.000107 e. The highest BCUT2D eigenvalue weighted by Crippen LogP contribution is 2.30. The normalized spacial score (nSPS) is 20.4. The number of rotatable bonds is 0. The van der Waals surface area contributed by atoms with Crippen LogP contribution in [0.1, 0.15) is 29.5 Å². The van der Waals surface area contributed by atoms with Crippen molar-refractivity contribution >= 4 is 6.08 Å². The molecule has 0 aromatic heterocycles. The number of hydrogen-bond acceptors (Lipinski definition) is 0. The van der Waals surface area contributed by atoms with Crippen molar-refractivity contribution in [2.75, 3.05) is 0 Å². The third-order valence-corrected chi connectivity index (χ3v) is 2.40. The average Bonchev–Trinajstić information content (AvgIpc) is 2.35. The molecule has 0 nitrogen and oxygen atoms in total. The van der Waals surface area contributed by atoms with Crippen LogP contribution < -0.4 is 0 Å². The second-order valence-corrected chi connectivity index (χ2v) is 3.23. The standard InChI is InChI=1S/C11H12/c1-8-4-3-5-10-9(2)6-7-11(8)10/h3-7,9H,1-2H3. The van der Waals surface area contributed by atoms with E-state index < -0.39 is 0 Å². The smallest absolute Gasteiger partial charge is 0.000107 e. The predicted octanol–water partition coefficient (Wildman–Crippen LogP) is 3.13. The minimum Gasteiger partial charge on any atom is -0.0767 e. The Labute approximate surface area is 67.6 Å². The van der Waals surface area contributed by atoms with Crippen LogP contribution in [0.25, 0.3) is 6.08 Å². The summed E-state index contributed by atoms with van der Waals surface area (Å²) in [6.07, 6.45) is 4.49. The van der Waals surface area contributed by atoms with Gasteiger partial charge in [0.2, 0.25) is 0 Å². The molecule has 0 heterocycles. The van der Waals surface area contributed by atoms with Gasteiger partial charge >= 0.3 is 0 Å². The van der Waals surface area contributed by atoms with E-state index in [0.29, 0.717) is 5.92 Å². The van der Waals surface area contributed by atoms with Gasteiger partial charge in [-0.05, 0) is 29.5 Å². The van der Waals surface area contributed by atoms with E-state index in [1.54, 1.807) is 0 Å². The predicted molar refractivity (Wildman–Crippen MR) is 48.6 cm³/mol. The van der Waals surface area contributed by atoms with Gasteiger partial charge in [0.05, 0.1) is 0 Å². The number of hydrogen-bond donors (Lipinski definition) is 0. The van der Waals surface area contributed by atoms with Crippen LogP contribution in [-0.2, 0) is 0 Å². The Hall–Kier alpha value is -1.04. The second-order valence-electron chi connectivity index (χ2n) is 3.23. The Morgan fingerprint density at radius 2 is 2.09 bits per heavy atom. The van der Waals surface area contributed by atoms with Crippen molar-refractivity contribution in [3.63, 3.8) is 0 Å². The summed E-state index contributed by atoms with van der Waals surface area (Å²) in [5.41, 5.74) is 4.30. The molecule has 11 heavy (non-hydrogen) atoms. The van der Waals surface area contributed by atoms with Crippen LogP contribution in [0.5, 0.6) is 0 Å². The molecular formula is C11H12. The largest absolute Gasteiger partial charge is 0.0767 e. The van der Waals surface area contributed by atoms with E-state index in [0.717, 1.165) is 0 Å². The summed E-state index contributed by atoms with van der Waals surface area (Å²) < 4.78 is 0. The van der Waals surface area contributed by atoms with Crippen molar-refractivity contribution in [3.8, 4) is 0 Å². The lowest BCUT2D eigenvalue weighted by Crippen LogP contribution is -1.88. The fraction of sp³-hybridized carbons (Fsp3) is 0.273. The van der Waals surface area contributed by atoms with Gasteiger partial charge in [0, 0.05) is 0 Å². The highest BCUT2D eigenvalue weighted by atomic mass is 14.2. The van der Waals surface area contributed by atoms with Gasteiger partial charge in [0.1, 0.15) is 0 Å². The van der Waals surface area contributed by atoms with Crippen LogP contribution in [0.2, 0.25) is 0 Å². The summed E-state index contributed by atoms with van der Waals surface area (Å²) >= 11 is 0. The van der Waals surface area contributed by atoms with Crippen molar-refractivity contribution in [2.45, 2.75) is 19.8 Å². The molecule has 1 unspecified atom stereocenters. The lowest BCUT2D eigenvalue weighted by atomic mass is 10.00. The lowest BCUT2D eigenvalue weighted by Gasteiger charge is -2.05. The molecule has 0 fully saturated rings. The minimum atomic E-state index is 0.616. The Morgan fingerprint density at radius 3 is 2.82 bits per heavy atom. The van der Waals surface area contributed by atoms with Gasteiger partial charge in [0.15, 0.2) is 0 Å². The number of aryl methyl sites for hydroxylation is 1. The zero-order valence-corrected chi connectivity index (χ0v) is 6.96. The third-order valence-electron chi connectivity index (χ3n) is 2.40. The van der Waals surface area contributed by atoms with E-state index in [-0.39, 0.29) is 0 Å². The maximum atomic E-state index is 2.26. The average molecular weight is 144 g/mol. The molecule has 0 spiro atoms. The lowest BCUT2D eigenvalue weighted by molar-refractivity contribution is 0.987. The molecule has 0 saturated heterocycles. The molecule has 0 amide bonds. The fourth-order valence-electron chi connectivity index (χ4n) is 1.67. The monoisotopic (exact) mass is 144 g/mol. The van der Waals surface area contributed by atoms with Crippen LogP contribution in [-0.4, -0.2) is 0 Å². The molecule has 1 aromatic carbocycles. The molecule has 1 atom stereocenters. The number of benzene rings is 1. The van der Waals surface area contributed by atoms with Crippen molar-refractivity contribution in [1.29, 1.82) is 0 Å². The maximum absolute atomic E-state index is 2.26. The molecule has 56 valence electrons. The molecule has 0 N–H and O–H groups in total. The zero-order chi connectivity index (χ0) is 7.84. The van der Waals surface area contributed by atoms with Gasteiger partial charge in [-0.1, -0.05) is 37.3 Å². The molecule has 0 saturated carbocycles. The van der Waals surface area contributed by atoms with Crippen LogP contribution in [0.15, 0.2) is 24.3 Å². The van der Waals surface area contributed by atoms with Crippen molar-refractivity contribution in [1.82, 2.24) is 0 Å². The number of fused-ring (bicyclic) bond motifs is 1. The first-order chi connectivity index (χ1) is 5.29. The van der Waals surface area contributed by atoms with Crippen LogP contribution >= 0.6 is 0 Å². The van der Waals surface area contributed by atoms with E-state index in [1.807, 2.05) is 0 Å². The van der Waals surface area contributed by atoms with Crippen molar-refractivity contribution < 1.29 is 0 Å². The number of allylic oxidation sites excluding steroid dienone is 1. The Bertz CT molecular complexity index is 308. The highest BCUT2D eigenvalue weighted by molar-refractivity contribution is 5.65. The summed E-state index contributed by atoms with van der Waals surface area (Å²) in [6, 6.07) is 6.52. The van der Waals surface area contributed by atoms with E-state index in [2.05, 4.69) is 44.2 Å². The molecule has 2 rings (SSSR count). The van der Waals surface area contributed by atoms with Crippen LogP contribution in [0, 0.1) is 6.92 Å². The van der Waals surface area contributed by atoms with E-state index in [9.17, 15) is 0 Å². The van der Waals surface area contributed by atoms with E-state index >= 15 is 0 Å². The van der Waals surface area contributed by atoms with Gasteiger partial charge in [-0.3, -0.25) is 0 Å². The summed E-state index contributed by atoms with van der Waals surface area (Å²) in [6.45, 7) is 4.41. The fourth-order valence-corrected chi connectivity index (χ4v) is 1.67. The molecule has 0 radical (unpaired) electrons. The zero-order valence-electron chi connectivity index (χ0n) is 6.96. The van der Waals surface area contributed by atoms with Crippen molar-refractivity contribution in [2.24, 2.45) is 0 Å². The minimum absolute atomic E-state index is 0.616. The first kappa shape index (κ1) is 6.66. The second kappa shape index (κ2) is 2.23. The van der Waals surface area contributed by atoms with Crippen LogP contribution in [0.3, 0.4) is 0 Å². The molecule has 1 aliphatic rings. The Kier molecular flexibility index (Phi) is 1.35. The summed E-state index contributed by atoms with van der Waals surface area (Å²) in [7, 11) is 0. The first-order valence-corrected chi connectivity index (χ1v) is 4.07. The SMILES string of the molecule is Cc1cccc2c1C=CC2C. The van der Waals surface area contributed by atoms with Gasteiger partial charge in [0.25, 0.3) is 0 Å². The van der Waals surface area contributed by atoms with Crippen LogP contribution in [0.4, 0.5) is 0 Å². The van der Waals surface area contributed by atoms with Crippen molar-refractivity contribution in [3.05, 3.63) is 41.0 Å². The first-order valence-electron chi connectivity index (χ1n) is 4.07. The molecule has 1 aliphatic carbocycles. The molecule has 0 aliphatic heterocycles. The summed E-state index contributed by atoms with van der Waals surface area (Å²) in [4.78, 5) is 0. The van der Waals surface area contributed by atoms with Gasteiger partial charge in [-0.15, -0.1) is 0 Å². The third kappa shape index (κ3) is 0.900.